The molecule has 0 N–H and O–H groups in total. The van der Waals surface area contributed by atoms with Crippen molar-refractivity contribution in [1.82, 2.24) is 9.97 Å². The van der Waals surface area contributed by atoms with Gasteiger partial charge in [0.2, 0.25) is 0 Å². The molecule has 242 valence electrons. The number of hydrogen-bond acceptors (Lipinski definition) is 4. The SMILES string of the molecule is N#Cc1ccccc1-c1ccc2c(c1)C1(c3cc(-c4cc(-c5ccccc5)nc(-c5ccccc5)n4)ccc3O2)c2ccccc2-c2ccccc21. The van der Waals surface area contributed by atoms with Crippen LogP contribution in [0.2, 0.25) is 0 Å². The first-order chi connectivity index (χ1) is 25.7. The van der Waals surface area contributed by atoms with E-state index in [4.69, 9.17) is 14.7 Å². The van der Waals surface area contributed by atoms with E-state index in [0.717, 1.165) is 61.8 Å². The summed E-state index contributed by atoms with van der Waals surface area (Å²) in [5.41, 5.74) is 13.3. The zero-order valence-electron chi connectivity index (χ0n) is 28.0. The molecule has 0 amide bonds. The smallest absolute Gasteiger partial charge is 0.160 e. The standard InChI is InChI=1S/C48H29N3O/c49-30-35-17-7-8-18-36(35)33-23-25-45-41(27-33)48(39-21-11-9-19-37(39)38-20-10-12-22-40(38)48)42-28-34(24-26-46(42)52-45)44-29-43(31-13-3-1-4-14-31)50-47(51-44)32-15-5-2-6-16-32/h1-29H. The van der Waals surface area contributed by atoms with E-state index in [9.17, 15) is 5.26 Å². The van der Waals surface area contributed by atoms with Gasteiger partial charge in [-0.25, -0.2) is 9.97 Å². The van der Waals surface area contributed by atoms with Gasteiger partial charge >= 0.3 is 0 Å². The Bertz CT molecular complexity index is 2630. The Balaban J connectivity index is 1.25. The molecule has 8 aromatic rings. The third-order valence-corrected chi connectivity index (χ3v) is 10.4. The summed E-state index contributed by atoms with van der Waals surface area (Å²) in [6, 6.07) is 62.9. The Hall–Kier alpha value is -7.09. The Morgan fingerprint density at radius 3 is 1.56 bits per heavy atom. The van der Waals surface area contributed by atoms with Crippen molar-refractivity contribution in [2.45, 2.75) is 5.41 Å². The molecule has 1 aromatic heterocycles. The summed E-state index contributed by atoms with van der Waals surface area (Å²) in [5, 5.41) is 10.1. The number of nitriles is 1. The minimum atomic E-state index is -0.693. The predicted molar refractivity (Wildman–Crippen MR) is 206 cm³/mol. The van der Waals surface area contributed by atoms with Gasteiger partial charge in [0.15, 0.2) is 5.82 Å². The van der Waals surface area contributed by atoms with Gasteiger partial charge in [-0.15, -0.1) is 0 Å². The molecule has 2 heterocycles. The van der Waals surface area contributed by atoms with Crippen molar-refractivity contribution in [2.75, 3.05) is 0 Å². The third kappa shape index (κ3) is 4.47. The fourth-order valence-electron chi connectivity index (χ4n) is 8.13. The van der Waals surface area contributed by atoms with Crippen molar-refractivity contribution in [2.24, 2.45) is 0 Å². The molecule has 4 heteroatoms. The minimum Gasteiger partial charge on any atom is -0.457 e. The van der Waals surface area contributed by atoms with E-state index in [2.05, 4.69) is 121 Å². The maximum atomic E-state index is 10.1. The molecule has 0 radical (unpaired) electrons. The van der Waals surface area contributed by atoms with Gasteiger partial charge < -0.3 is 4.74 Å². The first-order valence-electron chi connectivity index (χ1n) is 17.4. The molecule has 0 bridgehead atoms. The highest BCUT2D eigenvalue weighted by Gasteiger charge is 2.51. The van der Waals surface area contributed by atoms with Gasteiger partial charge in [0.1, 0.15) is 11.5 Å². The Morgan fingerprint density at radius 2 is 0.923 bits per heavy atom. The highest BCUT2D eigenvalue weighted by molar-refractivity contribution is 5.90. The van der Waals surface area contributed by atoms with Crippen LogP contribution < -0.4 is 4.74 Å². The monoisotopic (exact) mass is 663 g/mol. The normalized spacial score (nSPS) is 12.9. The second-order valence-corrected chi connectivity index (χ2v) is 13.2. The zero-order valence-corrected chi connectivity index (χ0v) is 28.0. The van der Waals surface area contributed by atoms with Crippen molar-refractivity contribution in [3.05, 3.63) is 204 Å². The average molecular weight is 664 g/mol. The van der Waals surface area contributed by atoms with Crippen molar-refractivity contribution in [1.29, 1.82) is 5.26 Å². The lowest BCUT2D eigenvalue weighted by molar-refractivity contribution is 0.436. The van der Waals surface area contributed by atoms with Crippen LogP contribution >= 0.6 is 0 Å². The summed E-state index contributed by atoms with van der Waals surface area (Å²) in [6.07, 6.45) is 0. The summed E-state index contributed by atoms with van der Waals surface area (Å²) in [6.45, 7) is 0. The van der Waals surface area contributed by atoms with Gasteiger partial charge in [0, 0.05) is 27.8 Å². The van der Waals surface area contributed by atoms with E-state index >= 15 is 0 Å². The molecule has 4 nitrogen and oxygen atoms in total. The fourth-order valence-corrected chi connectivity index (χ4v) is 8.13. The molecule has 0 saturated heterocycles. The average Bonchev–Trinajstić information content (AvgIpc) is 3.52. The highest BCUT2D eigenvalue weighted by Crippen LogP contribution is 2.62. The molecule has 7 aromatic carbocycles. The quantitative estimate of drug-likeness (QED) is 0.188. The molecule has 1 spiro atoms. The second kappa shape index (κ2) is 11.8. The lowest BCUT2D eigenvalue weighted by Crippen LogP contribution is -2.32. The van der Waals surface area contributed by atoms with Gasteiger partial charge in [-0.05, 0) is 75.8 Å². The number of fused-ring (bicyclic) bond motifs is 9. The maximum Gasteiger partial charge on any atom is 0.160 e. The van der Waals surface area contributed by atoms with Gasteiger partial charge in [-0.3, -0.25) is 0 Å². The van der Waals surface area contributed by atoms with E-state index in [0.29, 0.717) is 11.4 Å². The number of aromatic nitrogens is 2. The largest absolute Gasteiger partial charge is 0.457 e. The van der Waals surface area contributed by atoms with E-state index in [1.165, 1.54) is 22.3 Å². The third-order valence-electron chi connectivity index (χ3n) is 10.4. The molecule has 0 unspecified atom stereocenters. The van der Waals surface area contributed by atoms with Crippen molar-refractivity contribution >= 4 is 0 Å². The number of benzene rings is 7. The van der Waals surface area contributed by atoms with E-state index in [1.807, 2.05) is 60.7 Å². The summed E-state index contributed by atoms with van der Waals surface area (Å²) >= 11 is 0. The summed E-state index contributed by atoms with van der Waals surface area (Å²) in [7, 11) is 0. The summed E-state index contributed by atoms with van der Waals surface area (Å²) in [4.78, 5) is 10.2. The summed E-state index contributed by atoms with van der Waals surface area (Å²) in [5.74, 6) is 2.27. The molecular formula is C48H29N3O. The number of rotatable bonds is 4. The maximum absolute atomic E-state index is 10.1. The highest BCUT2D eigenvalue weighted by atomic mass is 16.5. The van der Waals surface area contributed by atoms with Gasteiger partial charge in [-0.2, -0.15) is 5.26 Å². The van der Waals surface area contributed by atoms with Crippen LogP contribution in [0.5, 0.6) is 11.5 Å². The van der Waals surface area contributed by atoms with Crippen molar-refractivity contribution in [3.8, 4) is 73.7 Å². The number of nitrogens with zero attached hydrogens (tertiary/aromatic N) is 3. The molecule has 1 aliphatic carbocycles. The first-order valence-corrected chi connectivity index (χ1v) is 17.4. The van der Waals surface area contributed by atoms with Crippen LogP contribution in [-0.4, -0.2) is 9.97 Å². The molecule has 0 saturated carbocycles. The van der Waals surface area contributed by atoms with Crippen molar-refractivity contribution in [3.63, 3.8) is 0 Å². The predicted octanol–water partition coefficient (Wildman–Crippen LogP) is 11.5. The van der Waals surface area contributed by atoms with E-state index in [1.54, 1.807) is 0 Å². The second-order valence-electron chi connectivity index (χ2n) is 13.2. The molecule has 2 aliphatic rings. The zero-order chi connectivity index (χ0) is 34.6. The molecule has 0 atom stereocenters. The topological polar surface area (TPSA) is 58.8 Å². The Kier molecular flexibility index (Phi) is 6.74. The molecule has 52 heavy (non-hydrogen) atoms. The Labute approximate surface area is 301 Å². The van der Waals surface area contributed by atoms with E-state index < -0.39 is 5.41 Å². The van der Waals surface area contributed by atoms with Gasteiger partial charge in [-0.1, -0.05) is 133 Å². The lowest BCUT2D eigenvalue weighted by Gasteiger charge is -2.40. The molecule has 10 rings (SSSR count). The van der Waals surface area contributed by atoms with Crippen LogP contribution in [-0.2, 0) is 5.41 Å². The summed E-state index contributed by atoms with van der Waals surface area (Å²) < 4.78 is 6.82. The van der Waals surface area contributed by atoms with Crippen LogP contribution in [0.25, 0.3) is 56.2 Å². The molecule has 0 fully saturated rings. The van der Waals surface area contributed by atoms with Crippen LogP contribution in [0, 0.1) is 11.3 Å². The van der Waals surface area contributed by atoms with Crippen molar-refractivity contribution < 1.29 is 4.74 Å². The van der Waals surface area contributed by atoms with Crippen LogP contribution in [0.15, 0.2) is 176 Å². The fraction of sp³-hybridized carbons (Fsp3) is 0.0208. The van der Waals surface area contributed by atoms with E-state index in [-0.39, 0.29) is 0 Å². The first kappa shape index (κ1) is 29.8. The minimum absolute atomic E-state index is 0.635. The van der Waals surface area contributed by atoms with Crippen LogP contribution in [0.1, 0.15) is 27.8 Å². The molecular weight excluding hydrogens is 635 g/mol. The van der Waals surface area contributed by atoms with Crippen LogP contribution in [0.3, 0.4) is 0 Å². The Morgan fingerprint density at radius 1 is 0.423 bits per heavy atom. The lowest BCUT2D eigenvalue weighted by atomic mass is 9.65. The number of ether oxygens (including phenoxy) is 1. The molecule has 1 aliphatic heterocycles. The number of hydrogen-bond donors (Lipinski definition) is 0. The van der Waals surface area contributed by atoms with Gasteiger partial charge in [0.25, 0.3) is 0 Å². The van der Waals surface area contributed by atoms with Gasteiger partial charge in [0.05, 0.1) is 28.4 Å². The van der Waals surface area contributed by atoms with Crippen LogP contribution in [0.4, 0.5) is 0 Å².